The maximum absolute atomic E-state index is 13.0. The fourth-order valence-electron chi connectivity index (χ4n) is 2.01. The lowest BCUT2D eigenvalue weighted by Gasteiger charge is -2.14. The van der Waals surface area contributed by atoms with Crippen LogP contribution in [0, 0.1) is 6.92 Å². The van der Waals surface area contributed by atoms with Crippen LogP contribution in [0.2, 0.25) is 0 Å². The Morgan fingerprint density at radius 2 is 1.65 bits per heavy atom. The minimum absolute atomic E-state index is 0.0215. The molecule has 20 heavy (non-hydrogen) atoms. The highest BCUT2D eigenvalue weighted by atomic mass is 19.4. The highest BCUT2D eigenvalue weighted by Gasteiger charge is 2.34. The molecule has 0 aliphatic heterocycles. The van der Waals surface area contributed by atoms with E-state index in [4.69, 9.17) is 0 Å². The number of aryl methyl sites for hydroxylation is 1. The number of rotatable bonds is 1. The van der Waals surface area contributed by atoms with Gasteiger partial charge < -0.3 is 0 Å². The number of hydrogen-bond acceptors (Lipinski definition) is 2. The third-order valence-electron chi connectivity index (χ3n) is 2.77. The first-order chi connectivity index (χ1) is 9.30. The highest BCUT2D eigenvalue weighted by Crippen LogP contribution is 2.36. The minimum Gasteiger partial charge on any atom is -0.240 e. The molecule has 0 unspecified atom stereocenters. The first-order valence-corrected chi connectivity index (χ1v) is 6.63. The average molecular weight is 284 g/mol. The monoisotopic (exact) mass is 284 g/mol. The third-order valence-corrected chi connectivity index (χ3v) is 2.77. The van der Waals surface area contributed by atoms with Crippen molar-refractivity contribution >= 4 is 10.9 Å². The highest BCUT2D eigenvalue weighted by molar-refractivity contribution is 5.85. The molecule has 1 aromatic carbocycles. The van der Waals surface area contributed by atoms with Crippen LogP contribution in [-0.4, -0.2) is 9.97 Å². The molecule has 2 nitrogen and oxygen atoms in total. The van der Waals surface area contributed by atoms with Gasteiger partial charge in [-0.2, -0.15) is 13.2 Å². The van der Waals surface area contributed by atoms with Crippen LogP contribution in [0.4, 0.5) is 13.2 Å². The van der Waals surface area contributed by atoms with E-state index in [1.165, 1.54) is 6.33 Å². The number of fused-ring (bicyclic) bond motifs is 1. The van der Waals surface area contributed by atoms with Crippen molar-refractivity contribution in [3.05, 3.63) is 35.3 Å². The van der Waals surface area contributed by atoms with Crippen LogP contribution in [-0.2, 0) is 6.18 Å². The molecule has 2 aromatic rings. The summed E-state index contributed by atoms with van der Waals surface area (Å²) in [7, 11) is 0. The lowest BCUT2D eigenvalue weighted by atomic mass is 9.99. The molecular weight excluding hydrogens is 265 g/mol. The van der Waals surface area contributed by atoms with E-state index in [1.54, 1.807) is 13.0 Å². The number of halogens is 3. The van der Waals surface area contributed by atoms with Gasteiger partial charge in [0.25, 0.3) is 0 Å². The normalized spacial score (nSPS) is 11.4. The minimum atomic E-state index is -4.40. The molecule has 0 saturated heterocycles. The SMILES string of the molecule is CC.Cc1cc(C(F)(F)F)c2ncnc(C(C)C)c2c1. The summed E-state index contributed by atoms with van der Waals surface area (Å²) in [5.41, 5.74) is 0.495. The van der Waals surface area contributed by atoms with E-state index in [0.717, 1.165) is 6.07 Å². The molecule has 0 atom stereocenters. The quantitative estimate of drug-likeness (QED) is 0.727. The molecule has 5 heteroatoms. The van der Waals surface area contributed by atoms with E-state index < -0.39 is 11.7 Å². The van der Waals surface area contributed by atoms with Gasteiger partial charge in [-0.25, -0.2) is 9.97 Å². The summed E-state index contributed by atoms with van der Waals surface area (Å²) in [4.78, 5) is 7.89. The maximum atomic E-state index is 13.0. The molecule has 110 valence electrons. The predicted molar refractivity (Wildman–Crippen MR) is 74.7 cm³/mol. The zero-order valence-corrected chi connectivity index (χ0v) is 12.3. The van der Waals surface area contributed by atoms with Gasteiger partial charge in [-0.3, -0.25) is 0 Å². The summed E-state index contributed by atoms with van der Waals surface area (Å²) in [6.45, 7) is 9.44. The molecule has 0 aliphatic rings. The second-order valence-electron chi connectivity index (χ2n) is 4.62. The van der Waals surface area contributed by atoms with Crippen molar-refractivity contribution in [2.24, 2.45) is 0 Å². The van der Waals surface area contributed by atoms with Gasteiger partial charge in [-0.1, -0.05) is 27.7 Å². The molecule has 0 spiro atoms. The number of nitrogens with zero attached hydrogens (tertiary/aromatic N) is 2. The Morgan fingerprint density at radius 3 is 2.15 bits per heavy atom. The lowest BCUT2D eigenvalue weighted by molar-refractivity contribution is -0.136. The topological polar surface area (TPSA) is 25.8 Å². The van der Waals surface area contributed by atoms with E-state index in [2.05, 4.69) is 9.97 Å². The Labute approximate surface area is 117 Å². The smallest absolute Gasteiger partial charge is 0.240 e. The molecule has 0 radical (unpaired) electrons. The van der Waals surface area contributed by atoms with Crippen LogP contribution in [0.1, 0.15) is 50.4 Å². The van der Waals surface area contributed by atoms with E-state index in [9.17, 15) is 13.2 Å². The van der Waals surface area contributed by atoms with Crippen LogP contribution in [0.15, 0.2) is 18.5 Å². The summed E-state index contributed by atoms with van der Waals surface area (Å²) in [5, 5.41) is 0.486. The fraction of sp³-hybridized carbons (Fsp3) is 0.467. The Hall–Kier alpha value is -1.65. The van der Waals surface area contributed by atoms with E-state index in [0.29, 0.717) is 16.6 Å². The van der Waals surface area contributed by atoms with Crippen LogP contribution < -0.4 is 0 Å². The van der Waals surface area contributed by atoms with Gasteiger partial charge in [0, 0.05) is 5.39 Å². The lowest BCUT2D eigenvalue weighted by Crippen LogP contribution is -2.08. The van der Waals surface area contributed by atoms with Crippen LogP contribution in [0.3, 0.4) is 0 Å². The third kappa shape index (κ3) is 3.26. The van der Waals surface area contributed by atoms with Gasteiger partial charge in [-0.05, 0) is 30.5 Å². The average Bonchev–Trinajstić information content (AvgIpc) is 2.38. The molecule has 0 fully saturated rings. The Balaban J connectivity index is 0.000000956. The van der Waals surface area contributed by atoms with Gasteiger partial charge in [0.2, 0.25) is 0 Å². The van der Waals surface area contributed by atoms with E-state index in [-0.39, 0.29) is 11.4 Å². The fourth-order valence-corrected chi connectivity index (χ4v) is 2.01. The van der Waals surface area contributed by atoms with Gasteiger partial charge in [-0.15, -0.1) is 0 Å². The first-order valence-electron chi connectivity index (χ1n) is 6.63. The molecule has 1 aromatic heterocycles. The standard InChI is InChI=1S/C13H13F3N2.C2H6/c1-7(2)11-9-4-8(3)5-10(13(14,15)16)12(9)18-6-17-11;1-2/h4-7H,1-3H3;1-2H3. The maximum Gasteiger partial charge on any atom is 0.418 e. The first kappa shape index (κ1) is 16.4. The molecule has 0 bridgehead atoms. The second kappa shape index (κ2) is 6.20. The number of hydrogen-bond donors (Lipinski definition) is 0. The molecule has 1 heterocycles. The van der Waals surface area contributed by atoms with Crippen LogP contribution >= 0.6 is 0 Å². The van der Waals surface area contributed by atoms with Crippen molar-refractivity contribution in [1.82, 2.24) is 9.97 Å². The number of alkyl halides is 3. The molecular formula is C15H19F3N2. The van der Waals surface area contributed by atoms with Gasteiger partial charge in [0.15, 0.2) is 0 Å². The molecule has 0 N–H and O–H groups in total. The largest absolute Gasteiger partial charge is 0.418 e. The second-order valence-corrected chi connectivity index (χ2v) is 4.62. The van der Waals surface area contributed by atoms with Gasteiger partial charge >= 0.3 is 6.18 Å². The van der Waals surface area contributed by atoms with Crippen LogP contribution in [0.5, 0.6) is 0 Å². The molecule has 0 saturated carbocycles. The molecule has 0 aliphatic carbocycles. The van der Waals surface area contributed by atoms with Crippen molar-refractivity contribution in [2.75, 3.05) is 0 Å². The van der Waals surface area contributed by atoms with Crippen molar-refractivity contribution < 1.29 is 13.2 Å². The summed E-state index contributed by atoms with van der Waals surface area (Å²) >= 11 is 0. The van der Waals surface area contributed by atoms with Gasteiger partial charge in [0.05, 0.1) is 16.8 Å². The number of benzene rings is 1. The van der Waals surface area contributed by atoms with Crippen molar-refractivity contribution in [1.29, 1.82) is 0 Å². The van der Waals surface area contributed by atoms with Gasteiger partial charge in [0.1, 0.15) is 6.33 Å². The summed E-state index contributed by atoms with van der Waals surface area (Å²) in [5.74, 6) is 0.0541. The molecule has 2 rings (SSSR count). The summed E-state index contributed by atoms with van der Waals surface area (Å²) in [6, 6.07) is 2.83. The van der Waals surface area contributed by atoms with E-state index >= 15 is 0 Å². The Bertz CT molecular complexity index is 589. The van der Waals surface area contributed by atoms with Crippen molar-refractivity contribution in [3.8, 4) is 0 Å². The zero-order valence-electron chi connectivity index (χ0n) is 12.3. The Kier molecular flexibility index (Phi) is 5.09. The summed E-state index contributed by atoms with van der Waals surface area (Å²) < 4.78 is 38.9. The number of aromatic nitrogens is 2. The zero-order chi connectivity index (χ0) is 15.5. The van der Waals surface area contributed by atoms with E-state index in [1.807, 2.05) is 27.7 Å². The predicted octanol–water partition coefficient (Wildman–Crippen LogP) is 5.11. The van der Waals surface area contributed by atoms with Crippen LogP contribution in [0.25, 0.3) is 10.9 Å². The molecule has 0 amide bonds. The Morgan fingerprint density at radius 1 is 1.05 bits per heavy atom. The van der Waals surface area contributed by atoms with Crippen molar-refractivity contribution in [3.63, 3.8) is 0 Å². The van der Waals surface area contributed by atoms with Crippen molar-refractivity contribution in [2.45, 2.75) is 46.7 Å². The summed E-state index contributed by atoms with van der Waals surface area (Å²) in [6.07, 6.45) is -3.20.